The second-order valence-electron chi connectivity index (χ2n) is 31.9. The molecule has 0 saturated carbocycles. The van der Waals surface area contributed by atoms with Gasteiger partial charge in [0.1, 0.15) is 23.0 Å². The average molecular weight is 1280 g/mol. The van der Waals surface area contributed by atoms with E-state index in [1.165, 1.54) is 259 Å². The second kappa shape index (κ2) is 26.7. The van der Waals surface area contributed by atoms with Crippen LogP contribution in [0.3, 0.4) is 0 Å². The molecule has 6 aliphatic rings. The lowest BCUT2D eigenvalue weighted by molar-refractivity contribution is 0.244. The Morgan fingerprint density at radius 1 is 0.443 bits per heavy atom. The Hall–Kier alpha value is -7.42. The molecule has 2 nitrogen and oxygen atoms in total. The number of unbranched alkanes of at least 4 members (excludes halogenated alkanes) is 16. The Bertz CT molecular complexity index is 4530. The lowest BCUT2D eigenvalue weighted by Gasteiger charge is -2.44. The Kier molecular flexibility index (Phi) is 18.0. The zero-order valence-corrected chi connectivity index (χ0v) is 60.7. The molecule has 97 heavy (non-hydrogen) atoms. The van der Waals surface area contributed by atoms with E-state index in [0.717, 1.165) is 23.3 Å². The minimum Gasteiger partial charge on any atom is -0.484 e. The molecule has 500 valence electrons. The number of hydrogen-bond donors (Lipinski definition) is 0. The molecular weight excluding hydrogens is 1170 g/mol. The van der Waals surface area contributed by atoms with Gasteiger partial charge in [0.2, 0.25) is 0 Å². The van der Waals surface area contributed by atoms with Crippen LogP contribution in [0.5, 0.6) is 5.75 Å². The van der Waals surface area contributed by atoms with E-state index in [1.54, 1.807) is 33.4 Å². The number of benzene rings is 8. The van der Waals surface area contributed by atoms with Gasteiger partial charge in [-0.05, 0) is 199 Å². The lowest BCUT2D eigenvalue weighted by Crippen LogP contribution is -2.38. The summed E-state index contributed by atoms with van der Waals surface area (Å²) in [4.78, 5) is 0. The largest absolute Gasteiger partial charge is 0.484 e. The zero-order chi connectivity index (χ0) is 66.8. The van der Waals surface area contributed by atoms with Crippen LogP contribution >= 0.6 is 0 Å². The van der Waals surface area contributed by atoms with Gasteiger partial charge >= 0.3 is 0 Å². The van der Waals surface area contributed by atoms with E-state index in [1.807, 2.05) is 0 Å². The third-order valence-corrected chi connectivity index (χ3v) is 25.2. The van der Waals surface area contributed by atoms with Gasteiger partial charge in [0.25, 0.3) is 0 Å². The maximum atomic E-state index is 7.72. The molecule has 1 aliphatic heterocycles. The Morgan fingerprint density at radius 2 is 1.02 bits per heavy atom. The number of ether oxygens (including phenoxy) is 1. The smallest absolute Gasteiger partial charge is 0.136 e. The molecule has 0 bridgehead atoms. The van der Waals surface area contributed by atoms with Crippen molar-refractivity contribution < 1.29 is 9.15 Å². The molecule has 0 N–H and O–H groups in total. The standard InChI is InChI=1S/C95H108O2/c1-11-15-19-23-33-52-94(53-34-24-20-16-12-2)75-43-30-27-40-68(75)86-87-71-42-29-32-45-82(71)97-91(87)88-69-48-46-64(57-80(69)95(90(88)89(86)94,54-35-25-21-17-13-3)55-36-26-22-18-14-4)56-66(58-72-62(5)38-37-39-63(72)6)65-47-49-67-73-60-79-74(61-78(73)93(9,10)77(67)59-65)84-76(92(79,7)8)50-51-83-85(84)70-41-28-31-44-81(70)96-83/h27-32,37-51,57-61,88,91H,11-26,33-36,52-56H2,1-10H3/b66-58-. The molecule has 2 unspecified atom stereocenters. The lowest BCUT2D eigenvalue weighted by atomic mass is 9.59. The number of aryl methyl sites for hydroxylation is 2. The van der Waals surface area contributed by atoms with Gasteiger partial charge in [0.05, 0.1) is 0 Å². The first kappa shape index (κ1) is 65.5. The van der Waals surface area contributed by atoms with Crippen molar-refractivity contribution in [3.8, 4) is 28.0 Å². The Balaban J connectivity index is 0.907. The molecule has 0 fully saturated rings. The van der Waals surface area contributed by atoms with Gasteiger partial charge < -0.3 is 9.15 Å². The summed E-state index contributed by atoms with van der Waals surface area (Å²) in [5.74, 6) is 1.21. The summed E-state index contributed by atoms with van der Waals surface area (Å²) in [5, 5.41) is 2.45. The maximum Gasteiger partial charge on any atom is 0.136 e. The van der Waals surface area contributed by atoms with E-state index in [2.05, 4.69) is 227 Å². The molecule has 2 heterocycles. The van der Waals surface area contributed by atoms with Crippen LogP contribution in [0.1, 0.15) is 293 Å². The van der Waals surface area contributed by atoms with Crippen LogP contribution in [0.15, 0.2) is 167 Å². The van der Waals surface area contributed by atoms with Crippen molar-refractivity contribution in [2.45, 2.75) is 263 Å². The van der Waals surface area contributed by atoms with E-state index in [-0.39, 0.29) is 33.7 Å². The number of hydrogen-bond acceptors (Lipinski definition) is 2. The van der Waals surface area contributed by atoms with Crippen molar-refractivity contribution in [1.82, 2.24) is 0 Å². The van der Waals surface area contributed by atoms with Gasteiger partial charge in [-0.2, -0.15) is 0 Å². The SMILES string of the molecule is CCCCCCCC1(CCCCCCC)C2=C3C(c4ccc(C/C(=C/c5c(C)cccc5C)c5ccc6c(c5)C(C)(C)c5cc7c(cc5-6)C(C)(C)c5ccc6oc8ccccc8c6c5-7)cc4C3(CCCCCCC)CCCCCCC)C3Oc4ccccc4C3=C2c2ccccc21. The highest BCUT2D eigenvalue weighted by molar-refractivity contribution is 6.15. The minimum absolute atomic E-state index is 0.0711. The van der Waals surface area contributed by atoms with Crippen LogP contribution in [0.25, 0.3) is 67.0 Å². The number of fused-ring (bicyclic) bond motifs is 20. The van der Waals surface area contributed by atoms with Gasteiger partial charge in [0.15, 0.2) is 0 Å². The van der Waals surface area contributed by atoms with Gasteiger partial charge in [-0.3, -0.25) is 0 Å². The van der Waals surface area contributed by atoms with Crippen LogP contribution in [-0.2, 0) is 28.1 Å². The average Bonchev–Trinajstić information content (AvgIpc) is 1.50. The summed E-state index contributed by atoms with van der Waals surface area (Å²) in [7, 11) is 0. The zero-order valence-electron chi connectivity index (χ0n) is 60.7. The predicted molar refractivity (Wildman–Crippen MR) is 414 cm³/mol. The quantitative estimate of drug-likeness (QED) is 0.0360. The van der Waals surface area contributed by atoms with Crippen molar-refractivity contribution >= 4 is 44.7 Å². The summed E-state index contributed by atoms with van der Waals surface area (Å²) in [6, 6.07) is 60.1. The van der Waals surface area contributed by atoms with Crippen LogP contribution in [0.2, 0.25) is 0 Å². The minimum atomic E-state index is -0.237. The normalized spacial score (nSPS) is 18.2. The fourth-order valence-corrected chi connectivity index (χ4v) is 20.2. The third kappa shape index (κ3) is 10.9. The van der Waals surface area contributed by atoms with Gasteiger partial charge in [0, 0.05) is 49.5 Å². The first-order valence-corrected chi connectivity index (χ1v) is 38.8. The van der Waals surface area contributed by atoms with Crippen LogP contribution in [-0.4, -0.2) is 6.10 Å². The summed E-state index contributed by atoms with van der Waals surface area (Å²) in [6.07, 6.45) is 34.0. The summed E-state index contributed by atoms with van der Waals surface area (Å²) < 4.78 is 14.3. The molecule has 0 amide bonds. The monoisotopic (exact) mass is 1280 g/mol. The molecule has 9 aromatic rings. The van der Waals surface area contributed by atoms with Crippen LogP contribution in [0.4, 0.5) is 0 Å². The first-order chi connectivity index (χ1) is 47.3. The fraction of sp³-hybridized carbons (Fsp3) is 0.432. The predicted octanol–water partition coefficient (Wildman–Crippen LogP) is 27.3. The van der Waals surface area contributed by atoms with E-state index in [9.17, 15) is 0 Å². The topological polar surface area (TPSA) is 22.4 Å². The molecular formula is C95H108O2. The third-order valence-electron chi connectivity index (χ3n) is 25.2. The molecule has 15 rings (SSSR count). The van der Waals surface area contributed by atoms with Crippen molar-refractivity contribution in [3.63, 3.8) is 0 Å². The maximum absolute atomic E-state index is 7.72. The first-order valence-electron chi connectivity index (χ1n) is 38.8. The summed E-state index contributed by atoms with van der Waals surface area (Å²) in [5.41, 5.74) is 34.8. The molecule has 1 aromatic heterocycles. The van der Waals surface area contributed by atoms with E-state index >= 15 is 0 Å². The Labute approximate surface area is 582 Å². The number of furan rings is 1. The van der Waals surface area contributed by atoms with E-state index < -0.39 is 0 Å². The number of allylic oxidation sites excluding steroid dienone is 3. The molecule has 0 saturated heterocycles. The van der Waals surface area contributed by atoms with Crippen LogP contribution in [0, 0.1) is 13.8 Å². The van der Waals surface area contributed by atoms with Crippen molar-refractivity contribution in [2.75, 3.05) is 0 Å². The van der Waals surface area contributed by atoms with Gasteiger partial charge in [-0.15, -0.1) is 0 Å². The highest BCUT2D eigenvalue weighted by Gasteiger charge is 2.61. The number of rotatable bonds is 28. The van der Waals surface area contributed by atoms with E-state index in [4.69, 9.17) is 9.15 Å². The van der Waals surface area contributed by atoms with Gasteiger partial charge in [-0.1, -0.05) is 305 Å². The van der Waals surface area contributed by atoms with Gasteiger partial charge in [-0.25, -0.2) is 0 Å². The molecule has 2 heteroatoms. The molecule has 8 aromatic carbocycles. The fourth-order valence-electron chi connectivity index (χ4n) is 20.2. The Morgan fingerprint density at radius 3 is 1.70 bits per heavy atom. The highest BCUT2D eigenvalue weighted by atomic mass is 16.5. The molecule has 5 aliphatic carbocycles. The highest BCUT2D eigenvalue weighted by Crippen LogP contribution is 2.71. The van der Waals surface area contributed by atoms with Crippen molar-refractivity contribution in [1.29, 1.82) is 0 Å². The molecule has 0 spiro atoms. The molecule has 0 radical (unpaired) electrons. The molecule has 2 atom stereocenters. The van der Waals surface area contributed by atoms with Crippen LogP contribution < -0.4 is 4.74 Å². The number of para-hydroxylation sites is 2. The summed E-state index contributed by atoms with van der Waals surface area (Å²) in [6.45, 7) is 24.0. The van der Waals surface area contributed by atoms with E-state index in [0.29, 0.717) is 0 Å². The van der Waals surface area contributed by atoms with Crippen molar-refractivity contribution in [3.05, 3.63) is 241 Å². The van der Waals surface area contributed by atoms with Crippen molar-refractivity contribution in [2.24, 2.45) is 0 Å². The second-order valence-corrected chi connectivity index (χ2v) is 31.9. The summed E-state index contributed by atoms with van der Waals surface area (Å²) >= 11 is 0.